The fraction of sp³-hybridized carbons (Fsp3) is 0.250. The Morgan fingerprint density at radius 3 is 2.00 bits per heavy atom. The van der Waals surface area contributed by atoms with E-state index in [0.29, 0.717) is 6.42 Å². The second kappa shape index (κ2) is 10.5. The van der Waals surface area contributed by atoms with Gasteiger partial charge in [0.15, 0.2) is 0 Å². The van der Waals surface area contributed by atoms with Crippen LogP contribution in [0, 0.1) is 0 Å². The van der Waals surface area contributed by atoms with Crippen molar-refractivity contribution in [2.75, 3.05) is 0 Å². The quantitative estimate of drug-likeness (QED) is 0.618. The monoisotopic (exact) mass is 200 g/mol. The SMILES string of the molecule is C=CC[C](=O)[Co].Cl.Cl. The van der Waals surface area contributed by atoms with Crippen molar-refractivity contribution in [2.45, 2.75) is 6.42 Å². The molecule has 0 atom stereocenters. The summed E-state index contributed by atoms with van der Waals surface area (Å²) in [6.45, 7) is 3.33. The molecule has 52 valence electrons. The van der Waals surface area contributed by atoms with Crippen LogP contribution in [-0.2, 0) is 20.5 Å². The van der Waals surface area contributed by atoms with E-state index in [4.69, 9.17) is 0 Å². The van der Waals surface area contributed by atoms with Gasteiger partial charge in [-0.05, 0) is 0 Å². The Labute approximate surface area is 69.3 Å². The third-order valence-corrected chi connectivity index (χ3v) is 0.508. The number of rotatable bonds is 2. The van der Waals surface area contributed by atoms with Crippen LogP contribution >= 0.6 is 24.8 Å². The summed E-state index contributed by atoms with van der Waals surface area (Å²) in [5.41, 5.74) is 0. The van der Waals surface area contributed by atoms with Crippen molar-refractivity contribution in [1.82, 2.24) is 0 Å². The Morgan fingerprint density at radius 1 is 1.62 bits per heavy atom. The van der Waals surface area contributed by atoms with Crippen molar-refractivity contribution in [1.29, 1.82) is 0 Å². The molecule has 0 radical (unpaired) electrons. The third-order valence-electron chi connectivity index (χ3n) is 0.296. The van der Waals surface area contributed by atoms with E-state index in [9.17, 15) is 4.79 Å². The minimum atomic E-state index is -0.141. The number of hydrogen-bond donors (Lipinski definition) is 0. The summed E-state index contributed by atoms with van der Waals surface area (Å²) in [6.07, 6.45) is 1.88. The summed E-state index contributed by atoms with van der Waals surface area (Å²) < 4.78 is -0.141. The topological polar surface area (TPSA) is 17.1 Å². The zero-order chi connectivity index (χ0) is 4.99. The molecule has 0 aromatic heterocycles. The molecule has 0 N–H and O–H groups in total. The standard InChI is InChI=1S/C4H5O.2ClH.Co/c1-2-3-4-5;;;/h2H,1,3H2;2*1H;. The summed E-state index contributed by atoms with van der Waals surface area (Å²) in [6, 6.07) is 0. The van der Waals surface area contributed by atoms with Gasteiger partial charge < -0.3 is 0 Å². The minimum Gasteiger partial charge on any atom is -0.147 e. The fourth-order valence-corrected chi connectivity index (χ4v) is 0.257. The first-order valence-corrected chi connectivity index (χ1v) is 2.06. The van der Waals surface area contributed by atoms with Crippen LogP contribution in [0.5, 0.6) is 0 Å². The second-order valence-corrected chi connectivity index (χ2v) is 1.40. The van der Waals surface area contributed by atoms with Crippen LogP contribution in [0.2, 0.25) is 0 Å². The number of halogens is 2. The molecule has 0 saturated carbocycles. The van der Waals surface area contributed by atoms with Gasteiger partial charge in [0.1, 0.15) is 0 Å². The molecule has 8 heavy (non-hydrogen) atoms. The van der Waals surface area contributed by atoms with E-state index in [1.54, 1.807) is 0 Å². The number of allylic oxidation sites excluding steroid dienone is 1. The van der Waals surface area contributed by atoms with E-state index in [1.807, 2.05) is 0 Å². The molecule has 0 aliphatic rings. The van der Waals surface area contributed by atoms with Gasteiger partial charge in [-0.3, -0.25) is 0 Å². The average molecular weight is 201 g/mol. The maximum absolute atomic E-state index is 9.83. The van der Waals surface area contributed by atoms with Crippen LogP contribution in [0.3, 0.4) is 0 Å². The fourth-order valence-electron chi connectivity index (χ4n) is 0.107. The average Bonchev–Trinajstić information content (AvgIpc) is 1.35. The largest absolute Gasteiger partial charge is 0.147 e. The van der Waals surface area contributed by atoms with Crippen molar-refractivity contribution >= 4 is 29.5 Å². The normalized spacial score (nSPS) is 5.75. The van der Waals surface area contributed by atoms with Crippen molar-refractivity contribution in [2.24, 2.45) is 0 Å². The second-order valence-electron chi connectivity index (χ2n) is 0.823. The van der Waals surface area contributed by atoms with Crippen molar-refractivity contribution in [3.05, 3.63) is 12.7 Å². The van der Waals surface area contributed by atoms with Gasteiger partial charge in [0, 0.05) is 0 Å². The Bertz CT molecular complexity index is 74.4. The van der Waals surface area contributed by atoms with Crippen LogP contribution in [0.1, 0.15) is 6.42 Å². The molecule has 0 saturated heterocycles. The first-order valence-electron chi connectivity index (χ1n) is 1.54. The van der Waals surface area contributed by atoms with E-state index < -0.39 is 0 Å². The molecule has 0 aliphatic heterocycles. The molecule has 0 spiro atoms. The van der Waals surface area contributed by atoms with Crippen molar-refractivity contribution in [3.8, 4) is 0 Å². The zero-order valence-corrected chi connectivity index (χ0v) is 6.72. The van der Waals surface area contributed by atoms with Crippen LogP contribution in [0.4, 0.5) is 0 Å². The third kappa shape index (κ3) is 16.1. The minimum absolute atomic E-state index is 0. The summed E-state index contributed by atoms with van der Waals surface area (Å²) in [7, 11) is 0. The van der Waals surface area contributed by atoms with E-state index in [1.165, 1.54) is 6.08 Å². The Hall–Kier alpha value is 0.496. The van der Waals surface area contributed by atoms with Gasteiger partial charge in [-0.25, -0.2) is 0 Å². The molecule has 0 rings (SSSR count). The summed E-state index contributed by atoms with van der Waals surface area (Å²) in [5.74, 6) is 0. The first kappa shape index (κ1) is 15.8. The summed E-state index contributed by atoms with van der Waals surface area (Å²) in [5, 5.41) is 0. The van der Waals surface area contributed by atoms with Crippen LogP contribution in [0.15, 0.2) is 12.7 Å². The van der Waals surface area contributed by atoms with Crippen molar-refractivity contribution < 1.29 is 20.5 Å². The molecule has 0 aromatic rings. The van der Waals surface area contributed by atoms with E-state index in [2.05, 4.69) is 22.3 Å². The van der Waals surface area contributed by atoms with Crippen molar-refractivity contribution in [3.63, 3.8) is 0 Å². The molecule has 0 unspecified atom stereocenters. The van der Waals surface area contributed by atoms with Gasteiger partial charge in [-0.1, -0.05) is 0 Å². The van der Waals surface area contributed by atoms with Crippen LogP contribution < -0.4 is 0 Å². The molecule has 4 heteroatoms. The Kier molecular flexibility index (Phi) is 20.7. The van der Waals surface area contributed by atoms with Gasteiger partial charge in [0.05, 0.1) is 0 Å². The van der Waals surface area contributed by atoms with E-state index in [-0.39, 0.29) is 29.5 Å². The smallest absolute Gasteiger partial charge is 0.147 e. The predicted molar refractivity (Wildman–Crippen MR) is 34.3 cm³/mol. The molecule has 0 fully saturated rings. The molecular formula is C4H7Cl2CoO. The van der Waals surface area contributed by atoms with Gasteiger partial charge in [0.2, 0.25) is 0 Å². The maximum Gasteiger partial charge on any atom is -0.147 e. The maximum atomic E-state index is 9.83. The molecular weight excluding hydrogens is 194 g/mol. The molecule has 1 nitrogen and oxygen atoms in total. The van der Waals surface area contributed by atoms with Gasteiger partial charge in [-0.15, -0.1) is 24.8 Å². The number of hydrogen-bond acceptors (Lipinski definition) is 1. The van der Waals surface area contributed by atoms with Gasteiger partial charge >= 0.3 is 44.3 Å². The van der Waals surface area contributed by atoms with E-state index >= 15 is 0 Å². The summed E-state index contributed by atoms with van der Waals surface area (Å²) in [4.78, 5) is 9.83. The van der Waals surface area contributed by atoms with Crippen LogP contribution in [-0.4, -0.2) is 4.72 Å². The molecule has 0 amide bonds. The Balaban J connectivity index is -0.000000125. The molecule has 0 heterocycles. The van der Waals surface area contributed by atoms with Gasteiger partial charge in [0.25, 0.3) is 0 Å². The number of carbonyl (C=O) groups excluding carboxylic acids is 1. The number of carbonyl (C=O) groups is 1. The molecule has 0 aliphatic carbocycles. The van der Waals surface area contributed by atoms with Crippen LogP contribution in [0.25, 0.3) is 0 Å². The zero-order valence-electron chi connectivity index (χ0n) is 4.05. The first-order chi connectivity index (χ1) is 2.77. The molecule has 0 bridgehead atoms. The Morgan fingerprint density at radius 2 is 2.00 bits per heavy atom. The van der Waals surface area contributed by atoms with Gasteiger partial charge in [-0.2, -0.15) is 0 Å². The molecule has 0 aromatic carbocycles. The van der Waals surface area contributed by atoms with E-state index in [0.717, 1.165) is 0 Å². The predicted octanol–water partition coefficient (Wildman–Crippen LogP) is 1.48. The summed E-state index contributed by atoms with van der Waals surface area (Å²) >= 11 is 3.51.